The number of hydrogen-bond acceptors (Lipinski definition) is 5. The number of H-pyrrole nitrogens is 1. The molecule has 4 aromatic rings. The number of benzene rings is 2. The molecule has 0 atom stereocenters. The molecule has 33 heavy (non-hydrogen) atoms. The molecular formula is C26H25N3O4. The molecule has 2 heterocycles. The fraction of sp³-hybridized carbons (Fsp3) is 0.192. The lowest BCUT2D eigenvalue weighted by Gasteiger charge is -2.09. The molecule has 0 fully saturated rings. The van der Waals surface area contributed by atoms with Gasteiger partial charge in [-0.2, -0.15) is 0 Å². The first kappa shape index (κ1) is 22.2. The molecule has 0 aliphatic heterocycles. The van der Waals surface area contributed by atoms with E-state index in [1.165, 1.54) is 6.20 Å². The van der Waals surface area contributed by atoms with Crippen LogP contribution in [0, 0.1) is 0 Å². The monoisotopic (exact) mass is 443 g/mol. The van der Waals surface area contributed by atoms with E-state index in [1.807, 2.05) is 43.3 Å². The quantitative estimate of drug-likeness (QED) is 0.408. The summed E-state index contributed by atoms with van der Waals surface area (Å²) in [5.41, 5.74) is 3.43. The van der Waals surface area contributed by atoms with Crippen molar-refractivity contribution in [2.24, 2.45) is 0 Å². The summed E-state index contributed by atoms with van der Waals surface area (Å²) in [5, 5.41) is 3.24. The lowest BCUT2D eigenvalue weighted by atomic mass is 10.1. The maximum atomic E-state index is 12.8. The van der Waals surface area contributed by atoms with Crippen molar-refractivity contribution in [1.82, 2.24) is 15.3 Å². The van der Waals surface area contributed by atoms with E-state index in [-0.39, 0.29) is 11.0 Å². The second-order valence-corrected chi connectivity index (χ2v) is 7.52. The molecule has 0 unspecified atom stereocenters. The number of carbonyl (C=O) groups is 1. The van der Waals surface area contributed by atoms with Gasteiger partial charge in [0.15, 0.2) is 0 Å². The van der Waals surface area contributed by atoms with Gasteiger partial charge >= 0.3 is 0 Å². The lowest BCUT2D eigenvalue weighted by molar-refractivity contribution is 0.0949. The number of carbonyl (C=O) groups excluding carboxylic acids is 1. The van der Waals surface area contributed by atoms with E-state index in [0.29, 0.717) is 43.0 Å². The molecule has 2 aromatic heterocycles. The van der Waals surface area contributed by atoms with E-state index in [0.717, 1.165) is 16.7 Å². The third kappa shape index (κ3) is 5.64. The zero-order valence-corrected chi connectivity index (χ0v) is 18.3. The van der Waals surface area contributed by atoms with E-state index in [4.69, 9.17) is 9.47 Å². The first-order chi connectivity index (χ1) is 16.1. The van der Waals surface area contributed by atoms with Crippen LogP contribution in [-0.2, 0) is 24.5 Å². The van der Waals surface area contributed by atoms with Gasteiger partial charge in [-0.05, 0) is 53.9 Å². The fourth-order valence-corrected chi connectivity index (χ4v) is 3.42. The Morgan fingerprint density at radius 3 is 2.39 bits per heavy atom. The maximum absolute atomic E-state index is 12.8. The Balaban J connectivity index is 1.35. The summed E-state index contributed by atoms with van der Waals surface area (Å²) in [4.78, 5) is 32.5. The highest BCUT2D eigenvalue weighted by atomic mass is 16.5. The maximum Gasteiger partial charge on any atom is 0.257 e. The molecule has 168 valence electrons. The number of fused-ring (bicyclic) bond motifs is 1. The predicted molar refractivity (Wildman–Crippen MR) is 126 cm³/mol. The van der Waals surface area contributed by atoms with Crippen molar-refractivity contribution in [3.8, 4) is 5.75 Å². The van der Waals surface area contributed by atoms with Crippen LogP contribution >= 0.6 is 0 Å². The number of ether oxygens (including phenoxy) is 2. The van der Waals surface area contributed by atoms with Crippen molar-refractivity contribution in [3.05, 3.63) is 106 Å². The minimum atomic E-state index is -0.426. The highest BCUT2D eigenvalue weighted by molar-refractivity contribution is 5.97. The summed E-state index contributed by atoms with van der Waals surface area (Å²) in [6.07, 6.45) is 4.93. The van der Waals surface area contributed by atoms with Gasteiger partial charge in [0.05, 0.1) is 19.8 Å². The van der Waals surface area contributed by atoms with Crippen molar-refractivity contribution >= 4 is 16.8 Å². The van der Waals surface area contributed by atoms with Crippen LogP contribution < -0.4 is 15.5 Å². The molecule has 0 radical (unpaired) electrons. The molecule has 0 aliphatic carbocycles. The Bertz CT molecular complexity index is 1280. The number of hydrogen-bond donors (Lipinski definition) is 2. The van der Waals surface area contributed by atoms with Crippen LogP contribution in [0.25, 0.3) is 10.9 Å². The van der Waals surface area contributed by atoms with Crippen LogP contribution in [0.1, 0.15) is 34.0 Å². The molecule has 7 nitrogen and oxygen atoms in total. The van der Waals surface area contributed by atoms with Crippen LogP contribution in [0.15, 0.2) is 78.0 Å². The second kappa shape index (κ2) is 10.6. The van der Waals surface area contributed by atoms with Gasteiger partial charge in [-0.1, -0.05) is 24.3 Å². The van der Waals surface area contributed by atoms with Gasteiger partial charge in [-0.25, -0.2) is 0 Å². The highest BCUT2D eigenvalue weighted by Gasteiger charge is 2.13. The van der Waals surface area contributed by atoms with Crippen molar-refractivity contribution in [1.29, 1.82) is 0 Å². The predicted octanol–water partition coefficient (Wildman–Crippen LogP) is 3.97. The lowest BCUT2D eigenvalue weighted by Crippen LogP contribution is -2.28. The fourth-order valence-electron chi connectivity index (χ4n) is 3.42. The topological polar surface area (TPSA) is 93.3 Å². The molecule has 0 bridgehead atoms. The van der Waals surface area contributed by atoms with Gasteiger partial charge in [-0.15, -0.1) is 0 Å². The van der Waals surface area contributed by atoms with E-state index >= 15 is 0 Å². The SMILES string of the molecule is CCOc1ccc2[nH]cc(C(=O)NCc3ccc(COCc4ccncc4)cc3)c(=O)c2c1. The molecule has 7 heteroatoms. The van der Waals surface area contributed by atoms with E-state index in [1.54, 1.807) is 30.6 Å². The Kier molecular flexibility index (Phi) is 7.12. The van der Waals surface area contributed by atoms with Gasteiger partial charge in [0, 0.05) is 36.0 Å². The number of amides is 1. The van der Waals surface area contributed by atoms with E-state index in [9.17, 15) is 9.59 Å². The van der Waals surface area contributed by atoms with Gasteiger partial charge in [-0.3, -0.25) is 14.6 Å². The number of rotatable bonds is 9. The van der Waals surface area contributed by atoms with Crippen LogP contribution in [0.2, 0.25) is 0 Å². The van der Waals surface area contributed by atoms with Crippen molar-refractivity contribution in [2.45, 2.75) is 26.7 Å². The van der Waals surface area contributed by atoms with Gasteiger partial charge in [0.25, 0.3) is 5.91 Å². The van der Waals surface area contributed by atoms with Crippen molar-refractivity contribution in [2.75, 3.05) is 6.61 Å². The Morgan fingerprint density at radius 1 is 0.970 bits per heavy atom. The zero-order valence-electron chi connectivity index (χ0n) is 18.3. The second-order valence-electron chi connectivity index (χ2n) is 7.52. The highest BCUT2D eigenvalue weighted by Crippen LogP contribution is 2.17. The zero-order chi connectivity index (χ0) is 23.0. The van der Waals surface area contributed by atoms with Crippen molar-refractivity contribution in [3.63, 3.8) is 0 Å². The summed E-state index contributed by atoms with van der Waals surface area (Å²) in [5.74, 6) is 0.169. The minimum absolute atomic E-state index is 0.0669. The molecule has 0 saturated heterocycles. The van der Waals surface area contributed by atoms with Crippen LogP contribution in [-0.4, -0.2) is 22.5 Å². The average molecular weight is 444 g/mol. The third-order valence-electron chi connectivity index (χ3n) is 5.17. The normalized spacial score (nSPS) is 10.8. The summed E-state index contributed by atoms with van der Waals surface area (Å²) in [6.45, 7) is 3.70. The standard InChI is InChI=1S/C26H25N3O4/c1-2-33-21-7-8-24-22(13-21)25(30)23(15-28-24)26(31)29-14-18-3-5-19(6-4-18)16-32-17-20-9-11-27-12-10-20/h3-13,15H,2,14,16-17H2,1H3,(H,28,30)(H,29,31). The largest absolute Gasteiger partial charge is 0.494 e. The summed E-state index contributed by atoms with van der Waals surface area (Å²) >= 11 is 0. The van der Waals surface area contributed by atoms with E-state index in [2.05, 4.69) is 15.3 Å². The summed E-state index contributed by atoms with van der Waals surface area (Å²) in [7, 11) is 0. The average Bonchev–Trinajstić information content (AvgIpc) is 2.85. The Labute approximate surface area is 191 Å². The van der Waals surface area contributed by atoms with Gasteiger partial charge in [0.1, 0.15) is 11.3 Å². The van der Waals surface area contributed by atoms with Crippen LogP contribution in [0.4, 0.5) is 0 Å². The molecule has 2 N–H and O–H groups in total. The van der Waals surface area contributed by atoms with Crippen LogP contribution in [0.5, 0.6) is 5.75 Å². The smallest absolute Gasteiger partial charge is 0.257 e. The molecule has 2 aromatic carbocycles. The number of nitrogens with one attached hydrogen (secondary N) is 2. The summed E-state index contributed by atoms with van der Waals surface area (Å²) < 4.78 is 11.2. The van der Waals surface area contributed by atoms with Gasteiger partial charge < -0.3 is 19.8 Å². The van der Waals surface area contributed by atoms with Crippen molar-refractivity contribution < 1.29 is 14.3 Å². The number of aromatic nitrogens is 2. The van der Waals surface area contributed by atoms with Gasteiger partial charge in [0.2, 0.25) is 5.43 Å². The Morgan fingerprint density at radius 2 is 1.67 bits per heavy atom. The summed E-state index contributed by atoms with van der Waals surface area (Å²) in [6, 6.07) is 16.9. The molecule has 0 saturated carbocycles. The molecule has 0 aliphatic rings. The van der Waals surface area contributed by atoms with E-state index < -0.39 is 5.91 Å². The van der Waals surface area contributed by atoms with Crippen LogP contribution in [0.3, 0.4) is 0 Å². The molecular weight excluding hydrogens is 418 g/mol. The number of aromatic amines is 1. The third-order valence-corrected chi connectivity index (χ3v) is 5.17. The first-order valence-electron chi connectivity index (χ1n) is 10.7. The Hall–Kier alpha value is -3.97. The number of pyridine rings is 2. The number of nitrogens with zero attached hydrogens (tertiary/aromatic N) is 1. The minimum Gasteiger partial charge on any atom is -0.494 e. The molecule has 1 amide bonds. The first-order valence-corrected chi connectivity index (χ1v) is 10.7. The molecule has 4 rings (SSSR count). The molecule has 0 spiro atoms.